The van der Waals surface area contributed by atoms with Gasteiger partial charge in [0.25, 0.3) is 0 Å². The zero-order valence-electron chi connectivity index (χ0n) is 11.2. The molecule has 1 aliphatic heterocycles. The second-order valence-electron chi connectivity index (χ2n) is 5.63. The molecule has 3 nitrogen and oxygen atoms in total. The van der Waals surface area contributed by atoms with Crippen LogP contribution in [-0.2, 0) is 6.54 Å². The van der Waals surface area contributed by atoms with Crippen molar-refractivity contribution in [2.75, 3.05) is 26.7 Å². The number of nitriles is 1. The molecule has 18 heavy (non-hydrogen) atoms. The van der Waals surface area contributed by atoms with Crippen LogP contribution in [0.25, 0.3) is 0 Å². The third kappa shape index (κ3) is 3.55. The van der Waals surface area contributed by atoms with Crippen molar-refractivity contribution in [1.29, 1.82) is 5.26 Å². The molecule has 1 aliphatic rings. The Balaban J connectivity index is 1.76. The Kier molecular flexibility index (Phi) is 4.39. The SMILES string of the molecule is CN1CCC(C)(CNCc2cc(C#N)cs2)CC1. The van der Waals surface area contributed by atoms with E-state index in [1.807, 2.05) is 11.4 Å². The van der Waals surface area contributed by atoms with Crippen LogP contribution in [-0.4, -0.2) is 31.6 Å². The number of piperidine rings is 1. The van der Waals surface area contributed by atoms with Crippen molar-refractivity contribution in [3.05, 3.63) is 21.9 Å². The Morgan fingerprint density at radius 1 is 1.50 bits per heavy atom. The summed E-state index contributed by atoms with van der Waals surface area (Å²) in [4.78, 5) is 3.66. The van der Waals surface area contributed by atoms with E-state index < -0.39 is 0 Å². The number of nitrogens with one attached hydrogen (secondary N) is 1. The summed E-state index contributed by atoms with van der Waals surface area (Å²) in [6, 6.07) is 4.16. The maximum absolute atomic E-state index is 8.78. The van der Waals surface area contributed by atoms with Gasteiger partial charge in [0.1, 0.15) is 6.07 Å². The first-order valence-corrected chi connectivity index (χ1v) is 7.36. The number of hydrogen-bond acceptors (Lipinski definition) is 4. The van der Waals surface area contributed by atoms with Crippen LogP contribution in [0.4, 0.5) is 0 Å². The summed E-state index contributed by atoms with van der Waals surface area (Å²) in [5.41, 5.74) is 1.21. The number of nitrogens with zero attached hydrogens (tertiary/aromatic N) is 2. The number of rotatable bonds is 4. The average molecular weight is 263 g/mol. The number of thiophene rings is 1. The van der Waals surface area contributed by atoms with Gasteiger partial charge in [-0.1, -0.05) is 6.92 Å². The highest BCUT2D eigenvalue weighted by atomic mass is 32.1. The van der Waals surface area contributed by atoms with Gasteiger partial charge in [-0.3, -0.25) is 0 Å². The molecule has 98 valence electrons. The quantitative estimate of drug-likeness (QED) is 0.907. The summed E-state index contributed by atoms with van der Waals surface area (Å²) in [5.74, 6) is 0. The molecule has 4 heteroatoms. The second kappa shape index (κ2) is 5.83. The predicted molar refractivity (Wildman–Crippen MR) is 75.6 cm³/mol. The van der Waals surface area contributed by atoms with Gasteiger partial charge in [0.15, 0.2) is 0 Å². The van der Waals surface area contributed by atoms with Crippen LogP contribution in [0.1, 0.15) is 30.2 Å². The van der Waals surface area contributed by atoms with Crippen molar-refractivity contribution < 1.29 is 0 Å². The molecule has 0 bridgehead atoms. The van der Waals surface area contributed by atoms with E-state index in [9.17, 15) is 0 Å². The molecule has 0 radical (unpaired) electrons. The smallest absolute Gasteiger partial charge is 0.100 e. The monoisotopic (exact) mass is 263 g/mol. The summed E-state index contributed by atoms with van der Waals surface area (Å²) in [6.07, 6.45) is 2.54. The third-order valence-corrected chi connectivity index (χ3v) is 4.76. The van der Waals surface area contributed by atoms with Crippen molar-refractivity contribution in [3.63, 3.8) is 0 Å². The molecule has 1 fully saturated rings. The van der Waals surface area contributed by atoms with Crippen LogP contribution in [0, 0.1) is 16.7 Å². The topological polar surface area (TPSA) is 39.1 Å². The molecule has 2 heterocycles. The third-order valence-electron chi connectivity index (χ3n) is 3.83. The molecule has 1 aromatic heterocycles. The lowest BCUT2D eigenvalue weighted by Gasteiger charge is -2.38. The minimum atomic E-state index is 0.432. The molecule has 2 rings (SSSR count). The fourth-order valence-electron chi connectivity index (χ4n) is 2.35. The molecule has 1 saturated heterocycles. The molecule has 0 spiro atoms. The summed E-state index contributed by atoms with van der Waals surface area (Å²) < 4.78 is 0. The lowest BCUT2D eigenvalue weighted by molar-refractivity contribution is 0.137. The first-order chi connectivity index (χ1) is 8.61. The Labute approximate surface area is 113 Å². The molecular weight excluding hydrogens is 242 g/mol. The maximum Gasteiger partial charge on any atom is 0.100 e. The Bertz CT molecular complexity index is 424. The molecular formula is C14H21N3S. The van der Waals surface area contributed by atoms with E-state index in [1.54, 1.807) is 11.3 Å². The maximum atomic E-state index is 8.78. The molecule has 0 atom stereocenters. The van der Waals surface area contributed by atoms with Crippen molar-refractivity contribution in [2.45, 2.75) is 26.3 Å². The van der Waals surface area contributed by atoms with Crippen LogP contribution in [0.5, 0.6) is 0 Å². The van der Waals surface area contributed by atoms with E-state index in [0.29, 0.717) is 5.41 Å². The van der Waals surface area contributed by atoms with Crippen LogP contribution >= 0.6 is 11.3 Å². The van der Waals surface area contributed by atoms with E-state index in [1.165, 1.54) is 30.8 Å². The Hall–Kier alpha value is -0.890. The minimum Gasteiger partial charge on any atom is -0.311 e. The van der Waals surface area contributed by atoms with E-state index in [0.717, 1.165) is 18.7 Å². The fraction of sp³-hybridized carbons (Fsp3) is 0.643. The Morgan fingerprint density at radius 3 is 2.83 bits per heavy atom. The van der Waals surface area contributed by atoms with E-state index >= 15 is 0 Å². The largest absolute Gasteiger partial charge is 0.311 e. The van der Waals surface area contributed by atoms with Gasteiger partial charge in [0.2, 0.25) is 0 Å². The highest BCUT2D eigenvalue weighted by molar-refractivity contribution is 7.10. The first kappa shape index (κ1) is 13.5. The van der Waals surface area contributed by atoms with Gasteiger partial charge in [-0.05, 0) is 44.5 Å². The van der Waals surface area contributed by atoms with E-state index in [2.05, 4.69) is 30.3 Å². The molecule has 0 unspecified atom stereocenters. The van der Waals surface area contributed by atoms with Crippen molar-refractivity contribution in [3.8, 4) is 6.07 Å². The zero-order valence-corrected chi connectivity index (χ0v) is 12.0. The van der Waals surface area contributed by atoms with Crippen LogP contribution < -0.4 is 5.32 Å². The summed E-state index contributed by atoms with van der Waals surface area (Å²) in [7, 11) is 2.20. The molecule has 0 aliphatic carbocycles. The Morgan fingerprint density at radius 2 is 2.22 bits per heavy atom. The minimum absolute atomic E-state index is 0.432. The molecule has 1 aromatic rings. The van der Waals surface area contributed by atoms with E-state index in [-0.39, 0.29) is 0 Å². The molecule has 1 N–H and O–H groups in total. The second-order valence-corrected chi connectivity index (χ2v) is 6.63. The lowest BCUT2D eigenvalue weighted by Crippen LogP contribution is -2.41. The van der Waals surface area contributed by atoms with Gasteiger partial charge in [0.05, 0.1) is 5.56 Å². The lowest BCUT2D eigenvalue weighted by atomic mass is 9.80. The molecule has 0 amide bonds. The number of hydrogen-bond donors (Lipinski definition) is 1. The van der Waals surface area contributed by atoms with Gasteiger partial charge in [0, 0.05) is 23.3 Å². The van der Waals surface area contributed by atoms with Crippen LogP contribution in [0.2, 0.25) is 0 Å². The summed E-state index contributed by atoms with van der Waals surface area (Å²) in [6.45, 7) is 6.74. The predicted octanol–water partition coefficient (Wildman–Crippen LogP) is 2.44. The van der Waals surface area contributed by atoms with Crippen molar-refractivity contribution in [1.82, 2.24) is 10.2 Å². The van der Waals surface area contributed by atoms with Gasteiger partial charge < -0.3 is 10.2 Å². The van der Waals surface area contributed by atoms with E-state index in [4.69, 9.17) is 5.26 Å². The average Bonchev–Trinajstić information content (AvgIpc) is 2.81. The standard InChI is InChI=1S/C14H21N3S/c1-14(3-5-17(2)6-4-14)11-16-9-13-7-12(8-15)10-18-13/h7,10,16H,3-6,9,11H2,1-2H3. The van der Waals surface area contributed by atoms with Gasteiger partial charge in [-0.25, -0.2) is 0 Å². The zero-order chi connectivity index (χ0) is 13.0. The highest BCUT2D eigenvalue weighted by Gasteiger charge is 2.28. The number of likely N-dealkylation sites (tertiary alicyclic amines) is 1. The first-order valence-electron chi connectivity index (χ1n) is 6.48. The summed E-state index contributed by atoms with van der Waals surface area (Å²) >= 11 is 1.67. The van der Waals surface area contributed by atoms with Crippen molar-refractivity contribution >= 4 is 11.3 Å². The molecule has 0 saturated carbocycles. The van der Waals surface area contributed by atoms with Gasteiger partial charge in [-0.2, -0.15) is 5.26 Å². The fourth-order valence-corrected chi connectivity index (χ4v) is 3.13. The molecule has 0 aromatic carbocycles. The van der Waals surface area contributed by atoms with Gasteiger partial charge >= 0.3 is 0 Å². The normalized spacial score (nSPS) is 19.6. The van der Waals surface area contributed by atoms with Crippen molar-refractivity contribution in [2.24, 2.45) is 5.41 Å². The van der Waals surface area contributed by atoms with Gasteiger partial charge in [-0.15, -0.1) is 11.3 Å². The highest BCUT2D eigenvalue weighted by Crippen LogP contribution is 2.29. The van der Waals surface area contributed by atoms with Crippen LogP contribution in [0.15, 0.2) is 11.4 Å². The summed E-state index contributed by atoms with van der Waals surface area (Å²) in [5, 5.41) is 14.2. The van der Waals surface area contributed by atoms with Crippen LogP contribution in [0.3, 0.4) is 0 Å².